The van der Waals surface area contributed by atoms with Crippen LogP contribution in [0.1, 0.15) is 40.5 Å². The SMILES string of the molecule is CC(C)(O)C(C)(C)O[B]c1cnc(N2CCCC(C#N)C2)nc1. The molecular formula is C16H24BN4O2. The van der Waals surface area contributed by atoms with Crippen molar-refractivity contribution in [3.63, 3.8) is 0 Å². The zero-order chi connectivity index (χ0) is 17.1. The highest BCUT2D eigenvalue weighted by atomic mass is 16.5. The predicted molar refractivity (Wildman–Crippen MR) is 89.4 cm³/mol. The molecule has 1 atom stereocenters. The van der Waals surface area contributed by atoms with Gasteiger partial charge in [0.1, 0.15) is 0 Å². The highest BCUT2D eigenvalue weighted by Gasteiger charge is 2.35. The predicted octanol–water partition coefficient (Wildman–Crippen LogP) is 1.03. The molecule has 1 aliphatic rings. The van der Waals surface area contributed by atoms with E-state index >= 15 is 0 Å². The maximum Gasteiger partial charge on any atom is 0.334 e. The lowest BCUT2D eigenvalue weighted by atomic mass is 9.84. The zero-order valence-electron chi connectivity index (χ0n) is 14.3. The molecule has 1 aromatic rings. The van der Waals surface area contributed by atoms with E-state index in [1.54, 1.807) is 33.7 Å². The van der Waals surface area contributed by atoms with E-state index in [1.165, 1.54) is 0 Å². The van der Waals surface area contributed by atoms with Crippen LogP contribution in [-0.2, 0) is 4.65 Å². The van der Waals surface area contributed by atoms with Gasteiger partial charge in [0.2, 0.25) is 5.95 Å². The van der Waals surface area contributed by atoms with Crippen LogP contribution in [0.5, 0.6) is 0 Å². The van der Waals surface area contributed by atoms with Crippen LogP contribution < -0.4 is 10.4 Å². The first-order chi connectivity index (χ1) is 10.7. The van der Waals surface area contributed by atoms with Crippen LogP contribution >= 0.6 is 0 Å². The number of nitriles is 1. The third-order valence-electron chi connectivity index (χ3n) is 4.51. The molecule has 0 saturated carbocycles. The van der Waals surface area contributed by atoms with E-state index in [1.807, 2.05) is 18.7 Å². The molecule has 6 nitrogen and oxygen atoms in total. The number of piperidine rings is 1. The van der Waals surface area contributed by atoms with E-state index in [0.717, 1.165) is 24.8 Å². The Morgan fingerprint density at radius 3 is 2.57 bits per heavy atom. The molecule has 2 rings (SSSR count). The molecule has 123 valence electrons. The fourth-order valence-corrected chi connectivity index (χ4v) is 2.18. The molecule has 0 amide bonds. The second kappa shape index (κ2) is 6.85. The minimum Gasteiger partial charge on any atom is -0.427 e. The molecule has 1 radical (unpaired) electrons. The molecule has 1 N–H and O–H groups in total. The second-order valence-electron chi connectivity index (χ2n) is 7.04. The molecule has 23 heavy (non-hydrogen) atoms. The molecule has 0 aliphatic carbocycles. The molecule has 2 heterocycles. The summed E-state index contributed by atoms with van der Waals surface area (Å²) < 4.78 is 5.69. The van der Waals surface area contributed by atoms with Gasteiger partial charge in [0, 0.05) is 25.5 Å². The minimum atomic E-state index is -0.968. The van der Waals surface area contributed by atoms with Gasteiger partial charge in [-0.15, -0.1) is 0 Å². The van der Waals surface area contributed by atoms with Gasteiger partial charge in [0.25, 0.3) is 0 Å². The monoisotopic (exact) mass is 315 g/mol. The maximum atomic E-state index is 10.1. The topological polar surface area (TPSA) is 82.3 Å². The summed E-state index contributed by atoms with van der Waals surface area (Å²) in [6, 6.07) is 2.32. The minimum absolute atomic E-state index is 0.0505. The van der Waals surface area contributed by atoms with Gasteiger partial charge in [-0.25, -0.2) is 9.97 Å². The highest BCUT2D eigenvalue weighted by Crippen LogP contribution is 2.24. The molecule has 7 heteroatoms. The van der Waals surface area contributed by atoms with Gasteiger partial charge in [0.05, 0.1) is 23.2 Å². The third-order valence-corrected chi connectivity index (χ3v) is 4.51. The third kappa shape index (κ3) is 4.43. The van der Waals surface area contributed by atoms with Crippen LogP contribution in [0.4, 0.5) is 5.95 Å². The van der Waals surface area contributed by atoms with E-state index < -0.39 is 11.2 Å². The van der Waals surface area contributed by atoms with Crippen molar-refractivity contribution in [1.82, 2.24) is 9.97 Å². The fraction of sp³-hybridized carbons (Fsp3) is 0.688. The Bertz CT molecular complexity index is 563. The summed E-state index contributed by atoms with van der Waals surface area (Å²) in [6.07, 6.45) is 5.31. The van der Waals surface area contributed by atoms with E-state index in [9.17, 15) is 5.11 Å². The number of hydrogen-bond donors (Lipinski definition) is 1. The Morgan fingerprint density at radius 1 is 1.35 bits per heavy atom. The average molecular weight is 315 g/mol. The Balaban J connectivity index is 1.96. The molecule has 0 bridgehead atoms. The number of aromatic nitrogens is 2. The summed E-state index contributed by atoms with van der Waals surface area (Å²) in [5.74, 6) is 0.693. The summed E-state index contributed by atoms with van der Waals surface area (Å²) in [4.78, 5) is 10.8. The molecule has 1 aliphatic heterocycles. The Kier molecular flexibility index (Phi) is 5.28. The molecular weight excluding hydrogens is 291 g/mol. The summed E-state index contributed by atoms with van der Waals surface area (Å²) in [5, 5.41) is 19.1. The molecule has 0 spiro atoms. The second-order valence-corrected chi connectivity index (χ2v) is 7.04. The summed E-state index contributed by atoms with van der Waals surface area (Å²) >= 11 is 0. The first-order valence-electron chi connectivity index (χ1n) is 7.93. The Morgan fingerprint density at radius 2 is 2.00 bits per heavy atom. The van der Waals surface area contributed by atoms with Gasteiger partial charge in [-0.05, 0) is 46.0 Å². The van der Waals surface area contributed by atoms with Crippen molar-refractivity contribution in [2.75, 3.05) is 18.0 Å². The van der Waals surface area contributed by atoms with Crippen LogP contribution in [0.25, 0.3) is 0 Å². The quantitative estimate of drug-likeness (QED) is 0.817. The van der Waals surface area contributed by atoms with Crippen LogP contribution in [0, 0.1) is 17.2 Å². The van der Waals surface area contributed by atoms with Gasteiger partial charge in [-0.3, -0.25) is 0 Å². The van der Waals surface area contributed by atoms with Crippen molar-refractivity contribution in [3.8, 4) is 6.07 Å². The number of aliphatic hydroxyl groups is 1. The molecule has 1 aromatic heterocycles. The van der Waals surface area contributed by atoms with Gasteiger partial charge < -0.3 is 14.7 Å². The smallest absolute Gasteiger partial charge is 0.334 e. The van der Waals surface area contributed by atoms with Crippen LogP contribution in [0.15, 0.2) is 12.4 Å². The van der Waals surface area contributed by atoms with Crippen molar-refractivity contribution in [1.29, 1.82) is 5.26 Å². The molecule has 1 fully saturated rings. The number of rotatable bonds is 5. The average Bonchev–Trinajstić information content (AvgIpc) is 2.52. The zero-order valence-corrected chi connectivity index (χ0v) is 14.3. The maximum absolute atomic E-state index is 10.1. The lowest BCUT2D eigenvalue weighted by molar-refractivity contribution is -0.0893. The van der Waals surface area contributed by atoms with E-state index in [2.05, 4.69) is 16.0 Å². The van der Waals surface area contributed by atoms with Gasteiger partial charge in [-0.1, -0.05) is 0 Å². The highest BCUT2D eigenvalue weighted by molar-refractivity contribution is 6.46. The van der Waals surface area contributed by atoms with Crippen LogP contribution in [0.3, 0.4) is 0 Å². The molecule has 1 saturated heterocycles. The van der Waals surface area contributed by atoms with E-state index in [0.29, 0.717) is 12.5 Å². The number of nitrogens with zero attached hydrogens (tertiary/aromatic N) is 4. The summed E-state index contributed by atoms with van der Waals surface area (Å²) in [6.45, 7) is 8.64. The summed E-state index contributed by atoms with van der Waals surface area (Å²) in [7, 11) is 1.57. The molecule has 1 unspecified atom stereocenters. The van der Waals surface area contributed by atoms with E-state index in [-0.39, 0.29) is 5.92 Å². The Labute approximate surface area is 138 Å². The van der Waals surface area contributed by atoms with E-state index in [4.69, 9.17) is 9.92 Å². The normalized spacial score (nSPS) is 19.3. The van der Waals surface area contributed by atoms with Gasteiger partial charge in [-0.2, -0.15) is 5.26 Å². The summed E-state index contributed by atoms with van der Waals surface area (Å²) in [5.41, 5.74) is -0.955. The van der Waals surface area contributed by atoms with Crippen molar-refractivity contribution >= 4 is 18.9 Å². The van der Waals surface area contributed by atoms with Gasteiger partial charge >= 0.3 is 7.48 Å². The molecule has 0 aromatic carbocycles. The van der Waals surface area contributed by atoms with Crippen LogP contribution in [-0.4, -0.2) is 46.8 Å². The van der Waals surface area contributed by atoms with Gasteiger partial charge in [0.15, 0.2) is 0 Å². The first kappa shape index (κ1) is 17.7. The number of hydrogen-bond acceptors (Lipinski definition) is 6. The van der Waals surface area contributed by atoms with Crippen molar-refractivity contribution in [2.24, 2.45) is 5.92 Å². The lowest BCUT2D eigenvalue weighted by Crippen LogP contribution is -2.49. The Hall–Kier alpha value is -1.65. The van der Waals surface area contributed by atoms with Crippen LogP contribution in [0.2, 0.25) is 0 Å². The van der Waals surface area contributed by atoms with Crippen molar-refractivity contribution in [2.45, 2.75) is 51.7 Å². The van der Waals surface area contributed by atoms with Crippen molar-refractivity contribution < 1.29 is 9.76 Å². The van der Waals surface area contributed by atoms with Crippen molar-refractivity contribution in [3.05, 3.63) is 12.4 Å². The number of anilines is 1. The first-order valence-corrected chi connectivity index (χ1v) is 7.93. The lowest BCUT2D eigenvalue weighted by Gasteiger charge is -2.37. The fourth-order valence-electron chi connectivity index (χ4n) is 2.18. The largest absolute Gasteiger partial charge is 0.427 e. The standard InChI is InChI=1S/C16H24BN4O2/c1-15(2,22)16(3,4)23-17-13-9-19-14(20-10-13)21-7-5-6-12(8-18)11-21/h9-10,12,22H,5-7,11H2,1-4H3.